The average Bonchev–Trinajstić information content (AvgIpc) is 2.26. The van der Waals surface area contributed by atoms with Crippen molar-refractivity contribution in [1.82, 2.24) is 9.97 Å². The number of fused-ring (bicyclic) bond motifs is 1. The van der Waals surface area contributed by atoms with Gasteiger partial charge >= 0.3 is 0 Å². The quantitative estimate of drug-likeness (QED) is 0.637. The minimum Gasteiger partial charge on any atom is -0.301 e. The van der Waals surface area contributed by atoms with Crippen LogP contribution in [0.25, 0.3) is 0 Å². The number of carbonyl (C=O) groups is 1. The van der Waals surface area contributed by atoms with E-state index in [2.05, 4.69) is 9.97 Å². The van der Waals surface area contributed by atoms with E-state index in [9.17, 15) is 9.59 Å². The van der Waals surface area contributed by atoms with E-state index in [4.69, 9.17) is 0 Å². The third kappa shape index (κ3) is 2.52. The lowest BCUT2D eigenvalue weighted by atomic mass is 9.97. The normalized spacial score (nSPS) is 14.6. The first-order chi connectivity index (χ1) is 7.66. The Morgan fingerprint density at radius 1 is 1.44 bits per heavy atom. The summed E-state index contributed by atoms with van der Waals surface area (Å²) in [5.74, 6) is 0.451. The van der Waals surface area contributed by atoms with Crippen molar-refractivity contribution in [1.29, 1.82) is 0 Å². The van der Waals surface area contributed by atoms with Crippen LogP contribution in [0, 0.1) is 0 Å². The van der Waals surface area contributed by atoms with Crippen LogP contribution in [0.15, 0.2) is 9.95 Å². The smallest absolute Gasteiger partial charge is 0.254 e. The second kappa shape index (κ2) is 4.82. The molecule has 0 aromatic carbocycles. The number of Topliss-reactive ketones (excluding diaryl/α,β-unsaturated/α-hetero) is 1. The van der Waals surface area contributed by atoms with Crippen molar-refractivity contribution in [3.8, 4) is 0 Å². The Hall–Kier alpha value is -1.10. The number of hydrogen-bond donors (Lipinski definition) is 1. The van der Waals surface area contributed by atoms with Crippen LogP contribution in [0.1, 0.15) is 31.0 Å². The molecule has 0 aliphatic heterocycles. The number of aryl methyl sites for hydroxylation is 1. The maximum atomic E-state index is 11.7. The number of nitrogens with zero attached hydrogens (tertiary/aromatic N) is 1. The van der Waals surface area contributed by atoms with Crippen molar-refractivity contribution in [2.75, 3.05) is 5.75 Å². The number of H-pyrrole nitrogens is 1. The molecule has 0 atom stereocenters. The lowest BCUT2D eigenvalue weighted by Crippen LogP contribution is -2.21. The molecule has 0 saturated heterocycles. The molecular formula is C11H14N2O2S. The van der Waals surface area contributed by atoms with Crippen LogP contribution in [-0.4, -0.2) is 21.5 Å². The molecular weight excluding hydrogens is 224 g/mol. The highest BCUT2D eigenvalue weighted by Gasteiger charge is 2.15. The first kappa shape index (κ1) is 11.4. The maximum absolute atomic E-state index is 11.7. The molecule has 1 aliphatic carbocycles. The molecule has 1 heterocycles. The van der Waals surface area contributed by atoms with Gasteiger partial charge in [0.05, 0.1) is 11.4 Å². The first-order valence-electron chi connectivity index (χ1n) is 5.41. The zero-order valence-electron chi connectivity index (χ0n) is 9.21. The van der Waals surface area contributed by atoms with Crippen molar-refractivity contribution in [3.63, 3.8) is 0 Å². The van der Waals surface area contributed by atoms with E-state index in [-0.39, 0.29) is 11.3 Å². The van der Waals surface area contributed by atoms with Crippen LogP contribution in [0.3, 0.4) is 0 Å². The van der Waals surface area contributed by atoms with Gasteiger partial charge in [-0.3, -0.25) is 9.59 Å². The molecule has 0 radical (unpaired) electrons. The highest BCUT2D eigenvalue weighted by Crippen LogP contribution is 2.19. The van der Waals surface area contributed by atoms with E-state index in [1.165, 1.54) is 18.7 Å². The summed E-state index contributed by atoms with van der Waals surface area (Å²) < 4.78 is 0. The number of aromatic nitrogens is 2. The summed E-state index contributed by atoms with van der Waals surface area (Å²) in [6.07, 6.45) is 3.88. The fourth-order valence-electron chi connectivity index (χ4n) is 1.82. The van der Waals surface area contributed by atoms with E-state index in [0.29, 0.717) is 10.9 Å². The maximum Gasteiger partial charge on any atom is 0.254 e. The fourth-order valence-corrected chi connectivity index (χ4v) is 2.50. The molecule has 1 N–H and O–H groups in total. The molecule has 4 nitrogen and oxygen atoms in total. The van der Waals surface area contributed by atoms with Crippen LogP contribution < -0.4 is 5.56 Å². The van der Waals surface area contributed by atoms with Gasteiger partial charge in [-0.15, -0.1) is 0 Å². The number of nitrogens with one attached hydrogen (secondary N) is 1. The van der Waals surface area contributed by atoms with Gasteiger partial charge in [-0.1, -0.05) is 11.8 Å². The first-order valence-corrected chi connectivity index (χ1v) is 6.39. The Balaban J connectivity index is 2.25. The largest absolute Gasteiger partial charge is 0.301 e. The molecule has 1 aliphatic rings. The van der Waals surface area contributed by atoms with Crippen LogP contribution in [-0.2, 0) is 17.6 Å². The van der Waals surface area contributed by atoms with E-state index < -0.39 is 0 Å². The van der Waals surface area contributed by atoms with Gasteiger partial charge < -0.3 is 4.98 Å². The Kier molecular flexibility index (Phi) is 3.43. The van der Waals surface area contributed by atoms with Crippen LogP contribution in [0.4, 0.5) is 0 Å². The summed E-state index contributed by atoms with van der Waals surface area (Å²) in [6, 6.07) is 0. The molecule has 0 unspecified atom stereocenters. The lowest BCUT2D eigenvalue weighted by Gasteiger charge is -2.13. The third-order valence-electron chi connectivity index (χ3n) is 2.58. The van der Waals surface area contributed by atoms with Crippen LogP contribution >= 0.6 is 11.8 Å². The number of hydrogen-bond acceptors (Lipinski definition) is 4. The summed E-state index contributed by atoms with van der Waals surface area (Å²) in [5.41, 5.74) is 1.72. The number of rotatable bonds is 3. The van der Waals surface area contributed by atoms with Gasteiger partial charge in [-0.05, 0) is 32.6 Å². The van der Waals surface area contributed by atoms with Crippen molar-refractivity contribution >= 4 is 17.5 Å². The molecule has 0 saturated carbocycles. The zero-order valence-corrected chi connectivity index (χ0v) is 10.0. The van der Waals surface area contributed by atoms with Gasteiger partial charge in [0.1, 0.15) is 5.78 Å². The Labute approximate surface area is 97.9 Å². The Bertz CT molecular complexity index is 468. The monoisotopic (exact) mass is 238 g/mol. The molecule has 2 rings (SSSR count). The molecule has 1 aromatic heterocycles. The van der Waals surface area contributed by atoms with Crippen LogP contribution in [0.5, 0.6) is 0 Å². The Morgan fingerprint density at radius 2 is 2.19 bits per heavy atom. The van der Waals surface area contributed by atoms with Crippen molar-refractivity contribution in [3.05, 3.63) is 21.6 Å². The summed E-state index contributed by atoms with van der Waals surface area (Å²) in [5, 5.41) is 0.570. The molecule has 0 spiro atoms. The zero-order chi connectivity index (χ0) is 11.5. The van der Waals surface area contributed by atoms with Crippen molar-refractivity contribution in [2.24, 2.45) is 0 Å². The minimum atomic E-state index is -0.0317. The molecule has 5 heteroatoms. The standard InChI is InChI=1S/C11H14N2O2S/c1-7(14)6-16-11-12-9-5-3-2-4-8(9)10(15)13-11/h2-6H2,1H3,(H,12,13,15). The summed E-state index contributed by atoms with van der Waals surface area (Å²) in [6.45, 7) is 1.53. The molecule has 0 fully saturated rings. The van der Waals surface area contributed by atoms with E-state index >= 15 is 0 Å². The molecule has 1 aromatic rings. The van der Waals surface area contributed by atoms with E-state index in [1.54, 1.807) is 0 Å². The van der Waals surface area contributed by atoms with Crippen molar-refractivity contribution < 1.29 is 4.79 Å². The average molecular weight is 238 g/mol. The van der Waals surface area contributed by atoms with Gasteiger partial charge in [0.2, 0.25) is 0 Å². The van der Waals surface area contributed by atoms with Gasteiger partial charge in [0, 0.05) is 5.56 Å². The predicted molar refractivity (Wildman–Crippen MR) is 62.9 cm³/mol. The Morgan fingerprint density at radius 3 is 2.94 bits per heavy atom. The minimum absolute atomic E-state index is 0.0317. The van der Waals surface area contributed by atoms with Gasteiger partial charge in [0.15, 0.2) is 5.16 Å². The molecule has 0 amide bonds. The third-order valence-corrected chi connectivity index (χ3v) is 3.60. The highest BCUT2D eigenvalue weighted by atomic mass is 32.2. The number of thioether (sulfide) groups is 1. The summed E-state index contributed by atoms with van der Waals surface area (Å²) in [4.78, 5) is 29.7. The molecule has 86 valence electrons. The molecule has 0 bridgehead atoms. The van der Waals surface area contributed by atoms with Gasteiger partial charge in [-0.25, -0.2) is 4.98 Å². The summed E-state index contributed by atoms with van der Waals surface area (Å²) in [7, 11) is 0. The van der Waals surface area contributed by atoms with E-state index in [1.807, 2.05) is 0 Å². The second-order valence-electron chi connectivity index (χ2n) is 3.99. The second-order valence-corrected chi connectivity index (χ2v) is 4.96. The van der Waals surface area contributed by atoms with E-state index in [0.717, 1.165) is 36.9 Å². The van der Waals surface area contributed by atoms with Gasteiger partial charge in [0.25, 0.3) is 5.56 Å². The fraction of sp³-hybridized carbons (Fsp3) is 0.545. The molecule has 16 heavy (non-hydrogen) atoms. The number of aromatic amines is 1. The van der Waals surface area contributed by atoms with Gasteiger partial charge in [-0.2, -0.15) is 0 Å². The van der Waals surface area contributed by atoms with Crippen molar-refractivity contribution in [2.45, 2.75) is 37.8 Å². The highest BCUT2D eigenvalue weighted by molar-refractivity contribution is 7.99. The summed E-state index contributed by atoms with van der Waals surface area (Å²) >= 11 is 1.30. The predicted octanol–water partition coefficient (Wildman–Crippen LogP) is 1.33. The SMILES string of the molecule is CC(=O)CSc1nc2c(c(=O)[nH]1)CCCC2. The van der Waals surface area contributed by atoms with Crippen LogP contribution in [0.2, 0.25) is 0 Å². The topological polar surface area (TPSA) is 62.8 Å². The lowest BCUT2D eigenvalue weighted by molar-refractivity contribution is -0.114. The number of ketones is 1. The number of carbonyl (C=O) groups excluding carboxylic acids is 1.